The average molecular weight is 346 g/mol. The van der Waals surface area contributed by atoms with Gasteiger partial charge in [-0.3, -0.25) is 4.79 Å². The number of rotatable bonds is 4. The van der Waals surface area contributed by atoms with Crippen molar-refractivity contribution in [2.45, 2.75) is 37.9 Å². The van der Waals surface area contributed by atoms with Crippen LogP contribution in [0, 0.1) is 11.8 Å². The Kier molecular flexibility index (Phi) is 5.25. The van der Waals surface area contributed by atoms with Crippen LogP contribution in [-0.2, 0) is 24.3 Å². The summed E-state index contributed by atoms with van der Waals surface area (Å²) in [4.78, 5) is 12.3. The van der Waals surface area contributed by atoms with Gasteiger partial charge in [-0.1, -0.05) is 0 Å². The van der Waals surface area contributed by atoms with Gasteiger partial charge in [-0.15, -0.1) is 0 Å². The van der Waals surface area contributed by atoms with Crippen molar-refractivity contribution in [3.63, 3.8) is 0 Å². The van der Waals surface area contributed by atoms with Crippen LogP contribution in [0.15, 0.2) is 0 Å². The maximum absolute atomic E-state index is 12.3. The highest BCUT2D eigenvalue weighted by atomic mass is 32.2. The third-order valence-electron chi connectivity index (χ3n) is 5.18. The Bertz CT molecular complexity index is 532. The zero-order valence-corrected chi connectivity index (χ0v) is 14.4. The Labute approximate surface area is 137 Å². The number of carbonyl (C=O) groups excluding carboxylic acids is 1. The third kappa shape index (κ3) is 4.23. The van der Waals surface area contributed by atoms with Crippen LogP contribution in [0.1, 0.15) is 25.7 Å². The van der Waals surface area contributed by atoms with E-state index in [1.165, 1.54) is 10.6 Å². The fourth-order valence-corrected chi connectivity index (χ4v) is 4.54. The number of fused-ring (bicyclic) bond motifs is 1. The monoisotopic (exact) mass is 346 g/mol. The van der Waals surface area contributed by atoms with E-state index in [0.29, 0.717) is 32.0 Å². The minimum Gasteiger partial charge on any atom is -0.381 e. The molecule has 3 fully saturated rings. The number of carbonyl (C=O) groups is 1. The van der Waals surface area contributed by atoms with Crippen LogP contribution in [0.3, 0.4) is 0 Å². The lowest BCUT2D eigenvalue weighted by atomic mass is 9.92. The van der Waals surface area contributed by atoms with Crippen molar-refractivity contribution >= 4 is 15.9 Å². The normalized spacial score (nSPS) is 33.3. The molecule has 3 aliphatic heterocycles. The van der Waals surface area contributed by atoms with Gasteiger partial charge in [0.25, 0.3) is 0 Å². The molecule has 3 aliphatic rings. The molecule has 0 aromatic carbocycles. The van der Waals surface area contributed by atoms with E-state index in [9.17, 15) is 13.2 Å². The molecule has 0 bridgehead atoms. The van der Waals surface area contributed by atoms with Crippen molar-refractivity contribution in [1.29, 1.82) is 0 Å². The summed E-state index contributed by atoms with van der Waals surface area (Å²) >= 11 is 0. The van der Waals surface area contributed by atoms with E-state index in [-0.39, 0.29) is 17.9 Å². The highest BCUT2D eigenvalue weighted by molar-refractivity contribution is 7.88. The molecule has 8 heteroatoms. The molecule has 0 unspecified atom stereocenters. The summed E-state index contributed by atoms with van der Waals surface area (Å²) in [6.07, 6.45) is 4.06. The number of hydrogen-bond acceptors (Lipinski definition) is 5. The molecule has 132 valence electrons. The van der Waals surface area contributed by atoms with Gasteiger partial charge >= 0.3 is 0 Å². The van der Waals surface area contributed by atoms with Crippen molar-refractivity contribution < 1.29 is 22.7 Å². The molecular formula is C15H26N2O5S. The van der Waals surface area contributed by atoms with Crippen molar-refractivity contribution in [1.82, 2.24) is 9.62 Å². The van der Waals surface area contributed by atoms with Crippen LogP contribution in [0.2, 0.25) is 0 Å². The fourth-order valence-electron chi connectivity index (χ4n) is 3.68. The summed E-state index contributed by atoms with van der Waals surface area (Å²) in [5, 5.41) is 2.99. The number of amides is 1. The van der Waals surface area contributed by atoms with Gasteiger partial charge in [-0.2, -0.15) is 4.31 Å². The maximum atomic E-state index is 12.3. The number of ether oxygens (including phenoxy) is 2. The van der Waals surface area contributed by atoms with Crippen molar-refractivity contribution in [2.75, 3.05) is 39.1 Å². The summed E-state index contributed by atoms with van der Waals surface area (Å²) in [5.41, 5.74) is 0. The first kappa shape index (κ1) is 17.1. The molecule has 0 aromatic heterocycles. The Morgan fingerprint density at radius 1 is 1.26 bits per heavy atom. The minimum atomic E-state index is -3.19. The smallest absolute Gasteiger partial charge is 0.249 e. The molecule has 3 rings (SSSR count). The number of nitrogens with zero attached hydrogens (tertiary/aromatic N) is 1. The molecule has 3 atom stereocenters. The molecular weight excluding hydrogens is 320 g/mol. The summed E-state index contributed by atoms with van der Waals surface area (Å²) in [6.45, 7) is 3.11. The van der Waals surface area contributed by atoms with E-state index in [4.69, 9.17) is 9.47 Å². The third-order valence-corrected chi connectivity index (χ3v) is 6.45. The fraction of sp³-hybridized carbons (Fsp3) is 0.933. The topological polar surface area (TPSA) is 84.9 Å². The van der Waals surface area contributed by atoms with Gasteiger partial charge in [0.15, 0.2) is 0 Å². The van der Waals surface area contributed by atoms with E-state index >= 15 is 0 Å². The molecule has 1 N–H and O–H groups in total. The van der Waals surface area contributed by atoms with Crippen LogP contribution >= 0.6 is 0 Å². The van der Waals surface area contributed by atoms with Gasteiger partial charge in [-0.05, 0) is 37.5 Å². The summed E-state index contributed by atoms with van der Waals surface area (Å²) < 4.78 is 35.9. The van der Waals surface area contributed by atoms with Gasteiger partial charge < -0.3 is 14.8 Å². The van der Waals surface area contributed by atoms with Crippen molar-refractivity contribution in [3.05, 3.63) is 0 Å². The molecule has 23 heavy (non-hydrogen) atoms. The first-order valence-corrected chi connectivity index (χ1v) is 10.2. The first-order chi connectivity index (χ1) is 10.9. The first-order valence-electron chi connectivity index (χ1n) is 8.39. The van der Waals surface area contributed by atoms with E-state index in [2.05, 4.69) is 5.32 Å². The standard InChI is InChI=1S/C15H26N2O5S/c1-23(19,20)17-5-2-12-8-13(22-14(12)10-17)15(18)16-9-11-3-6-21-7-4-11/h11-14H,2-10H2,1H3,(H,16,18)/t12-,13-,14+/m1/s1. The summed E-state index contributed by atoms with van der Waals surface area (Å²) in [6, 6.07) is 0. The van der Waals surface area contributed by atoms with Crippen molar-refractivity contribution in [2.24, 2.45) is 11.8 Å². The average Bonchev–Trinajstić information content (AvgIpc) is 2.96. The molecule has 7 nitrogen and oxygen atoms in total. The number of hydrogen-bond donors (Lipinski definition) is 1. The van der Waals surface area contributed by atoms with Crippen LogP contribution in [0.25, 0.3) is 0 Å². The van der Waals surface area contributed by atoms with Crippen LogP contribution in [0.5, 0.6) is 0 Å². The zero-order chi connectivity index (χ0) is 16.4. The highest BCUT2D eigenvalue weighted by Crippen LogP contribution is 2.34. The van der Waals surface area contributed by atoms with E-state index in [1.807, 2.05) is 0 Å². The molecule has 0 aromatic rings. The zero-order valence-electron chi connectivity index (χ0n) is 13.6. The second-order valence-electron chi connectivity index (χ2n) is 6.87. The maximum Gasteiger partial charge on any atom is 0.249 e. The van der Waals surface area contributed by atoms with Gasteiger partial charge in [-0.25, -0.2) is 8.42 Å². The van der Waals surface area contributed by atoms with Crippen LogP contribution < -0.4 is 5.32 Å². The van der Waals surface area contributed by atoms with E-state index in [0.717, 1.165) is 32.5 Å². The van der Waals surface area contributed by atoms with Crippen LogP contribution in [-0.4, -0.2) is 69.9 Å². The predicted molar refractivity (Wildman–Crippen MR) is 84.4 cm³/mol. The molecule has 0 aliphatic carbocycles. The van der Waals surface area contributed by atoms with Crippen molar-refractivity contribution in [3.8, 4) is 0 Å². The number of nitrogens with one attached hydrogen (secondary N) is 1. The molecule has 0 saturated carbocycles. The quantitative estimate of drug-likeness (QED) is 0.773. The largest absolute Gasteiger partial charge is 0.381 e. The van der Waals surface area contributed by atoms with Gasteiger partial charge in [0, 0.05) is 32.8 Å². The summed E-state index contributed by atoms with van der Waals surface area (Å²) in [7, 11) is -3.19. The lowest BCUT2D eigenvalue weighted by molar-refractivity contribution is -0.132. The van der Waals surface area contributed by atoms with Gasteiger partial charge in [0.05, 0.1) is 12.4 Å². The van der Waals surface area contributed by atoms with Gasteiger partial charge in [0.1, 0.15) is 6.10 Å². The Morgan fingerprint density at radius 3 is 2.70 bits per heavy atom. The Balaban J connectivity index is 1.48. The molecule has 1 amide bonds. The molecule has 0 radical (unpaired) electrons. The Hall–Kier alpha value is -0.700. The second-order valence-corrected chi connectivity index (χ2v) is 8.85. The number of piperidine rings is 1. The SMILES string of the molecule is CS(=O)(=O)N1CC[C@@H]2C[C@H](C(=O)NCC3CCOCC3)O[C@H]2C1. The van der Waals surface area contributed by atoms with E-state index in [1.54, 1.807) is 0 Å². The highest BCUT2D eigenvalue weighted by Gasteiger charge is 2.43. The van der Waals surface area contributed by atoms with Gasteiger partial charge in [0.2, 0.25) is 15.9 Å². The minimum absolute atomic E-state index is 0.0585. The molecule has 3 heterocycles. The Morgan fingerprint density at radius 2 is 2.00 bits per heavy atom. The second kappa shape index (κ2) is 7.04. The molecule has 0 spiro atoms. The lowest BCUT2D eigenvalue weighted by Crippen LogP contribution is -2.45. The van der Waals surface area contributed by atoms with E-state index < -0.39 is 16.1 Å². The number of sulfonamides is 1. The lowest BCUT2D eigenvalue weighted by Gasteiger charge is -2.32. The summed E-state index contributed by atoms with van der Waals surface area (Å²) in [5.74, 6) is 0.709. The molecule has 3 saturated heterocycles. The predicted octanol–water partition coefficient (Wildman–Crippen LogP) is -0.0318. The van der Waals surface area contributed by atoms with Crippen LogP contribution in [0.4, 0.5) is 0 Å².